The lowest BCUT2D eigenvalue weighted by Crippen LogP contribution is -2.22. The zero-order valence-corrected chi connectivity index (χ0v) is 14.7. The molecule has 1 aliphatic rings. The maximum atomic E-state index is 12.2. The van der Waals surface area contributed by atoms with Crippen LogP contribution in [0.2, 0.25) is 20.1 Å². The molecule has 0 saturated heterocycles. The monoisotopic (exact) mass is 398 g/mol. The van der Waals surface area contributed by atoms with Crippen LogP contribution in [0, 0.1) is 0 Å². The topological polar surface area (TPSA) is 59.3 Å². The Morgan fingerprint density at radius 3 is 2.38 bits per heavy atom. The highest BCUT2D eigenvalue weighted by Gasteiger charge is 2.34. The number of halogens is 4. The second-order valence-corrected chi connectivity index (χ2v) is 6.50. The predicted octanol–water partition coefficient (Wildman–Crippen LogP) is 4.60. The number of aromatic nitrogens is 2. The number of hydrogen-bond acceptors (Lipinski definition) is 3. The van der Waals surface area contributed by atoms with Crippen molar-refractivity contribution in [2.24, 2.45) is 5.10 Å². The highest BCUT2D eigenvalue weighted by atomic mass is 35.5. The normalized spacial score (nSPS) is 15.2. The smallest absolute Gasteiger partial charge is 0.259 e. The summed E-state index contributed by atoms with van der Waals surface area (Å²) in [7, 11) is 0. The first-order chi connectivity index (χ1) is 11.5. The molecule has 2 heterocycles. The molecule has 1 aromatic heterocycles. The molecular weight excluding hydrogens is 394 g/mol. The van der Waals surface area contributed by atoms with E-state index in [9.17, 15) is 4.79 Å². The molecule has 0 spiro atoms. The summed E-state index contributed by atoms with van der Waals surface area (Å²) in [5.74, 6) is -0.220. The lowest BCUT2D eigenvalue weighted by molar-refractivity contribution is 0.0983. The van der Waals surface area contributed by atoms with Crippen LogP contribution in [0.3, 0.4) is 0 Å². The largest absolute Gasteiger partial charge is 0.304 e. The summed E-state index contributed by atoms with van der Waals surface area (Å²) in [4.78, 5) is 16.5. The number of carbonyl (C=O) groups excluding carboxylic acids is 1. The lowest BCUT2D eigenvalue weighted by Gasteiger charge is -2.08. The van der Waals surface area contributed by atoms with Crippen LogP contribution in [-0.2, 0) is 0 Å². The van der Waals surface area contributed by atoms with Gasteiger partial charge in [-0.25, -0.2) is 9.66 Å². The van der Waals surface area contributed by atoms with Crippen LogP contribution in [-0.4, -0.2) is 21.4 Å². The lowest BCUT2D eigenvalue weighted by atomic mass is 10.1. The number of fused-ring (bicyclic) bond motifs is 2. The molecule has 1 amide bonds. The van der Waals surface area contributed by atoms with E-state index in [4.69, 9.17) is 46.4 Å². The van der Waals surface area contributed by atoms with Gasteiger partial charge >= 0.3 is 0 Å². The maximum absolute atomic E-state index is 12.2. The number of rotatable bonds is 1. The van der Waals surface area contributed by atoms with Crippen molar-refractivity contribution in [1.29, 1.82) is 0 Å². The second-order valence-electron chi connectivity index (χ2n) is 4.99. The number of hydrogen-bond donors (Lipinski definition) is 1. The number of nitrogens with one attached hydrogen (secondary N) is 1. The molecule has 0 saturated carbocycles. The van der Waals surface area contributed by atoms with Gasteiger partial charge in [-0.05, 0) is 12.1 Å². The van der Waals surface area contributed by atoms with Crippen LogP contribution in [0.5, 0.6) is 0 Å². The molecule has 0 bridgehead atoms. The van der Waals surface area contributed by atoms with Crippen molar-refractivity contribution in [2.75, 3.05) is 0 Å². The van der Waals surface area contributed by atoms with E-state index >= 15 is 0 Å². The summed E-state index contributed by atoms with van der Waals surface area (Å²) in [6.07, 6.45) is 1.54. The molecule has 9 heteroatoms. The standard InChI is InChI=1S/C15H6Cl4N4O/c16-10-8-9(11(17)13(19)12(10)18)15(24)21-14(8)22-23-5-20-6-3-1-2-4-7(6)23/h1-5H,(H,21,22,24). The second kappa shape index (κ2) is 5.63. The predicted molar refractivity (Wildman–Crippen MR) is 95.6 cm³/mol. The van der Waals surface area contributed by atoms with Gasteiger partial charge < -0.3 is 5.32 Å². The third-order valence-electron chi connectivity index (χ3n) is 3.61. The molecule has 24 heavy (non-hydrogen) atoms. The van der Waals surface area contributed by atoms with Gasteiger partial charge in [0, 0.05) is 0 Å². The van der Waals surface area contributed by atoms with Crippen molar-refractivity contribution in [3.63, 3.8) is 0 Å². The van der Waals surface area contributed by atoms with Gasteiger partial charge in [-0.1, -0.05) is 58.5 Å². The summed E-state index contributed by atoms with van der Waals surface area (Å²) in [6.45, 7) is 0. The van der Waals surface area contributed by atoms with Crippen LogP contribution in [0.1, 0.15) is 15.9 Å². The molecule has 5 nitrogen and oxygen atoms in total. The van der Waals surface area contributed by atoms with E-state index in [1.165, 1.54) is 11.0 Å². The minimum Gasteiger partial charge on any atom is -0.304 e. The van der Waals surface area contributed by atoms with Crippen molar-refractivity contribution >= 4 is 69.2 Å². The van der Waals surface area contributed by atoms with Gasteiger partial charge in [-0.2, -0.15) is 0 Å². The number of benzene rings is 2. The van der Waals surface area contributed by atoms with Gasteiger partial charge in [0.25, 0.3) is 5.91 Å². The Kier molecular flexibility index (Phi) is 3.69. The van der Waals surface area contributed by atoms with Gasteiger partial charge in [0.1, 0.15) is 6.33 Å². The van der Waals surface area contributed by atoms with Crippen molar-refractivity contribution in [3.05, 3.63) is 61.8 Å². The van der Waals surface area contributed by atoms with E-state index in [-0.39, 0.29) is 31.5 Å². The van der Waals surface area contributed by atoms with Crippen molar-refractivity contribution in [2.45, 2.75) is 0 Å². The van der Waals surface area contributed by atoms with Crippen LogP contribution >= 0.6 is 46.4 Å². The number of para-hydroxylation sites is 2. The van der Waals surface area contributed by atoms with Crippen molar-refractivity contribution in [1.82, 2.24) is 15.0 Å². The van der Waals surface area contributed by atoms with Crippen LogP contribution in [0.4, 0.5) is 0 Å². The fourth-order valence-corrected chi connectivity index (χ4v) is 3.54. The third kappa shape index (κ3) is 2.20. The molecule has 0 aliphatic carbocycles. The zero-order chi connectivity index (χ0) is 17.0. The third-order valence-corrected chi connectivity index (χ3v) is 5.41. The number of carbonyl (C=O) groups is 1. The average molecular weight is 400 g/mol. The minimum absolute atomic E-state index is 0.0339. The van der Waals surface area contributed by atoms with Crippen molar-refractivity contribution in [3.8, 4) is 0 Å². The SMILES string of the molecule is O=C1NC(=Nn2cnc3ccccc32)c2c(Cl)c(Cl)c(Cl)c(Cl)c21. The molecule has 2 aromatic carbocycles. The summed E-state index contributed by atoms with van der Waals surface area (Å²) >= 11 is 24.5. The molecule has 0 radical (unpaired) electrons. The van der Waals surface area contributed by atoms with Crippen LogP contribution in [0.25, 0.3) is 11.0 Å². The minimum atomic E-state index is -0.446. The van der Waals surface area contributed by atoms with E-state index in [1.807, 2.05) is 24.3 Å². The van der Waals surface area contributed by atoms with Crippen molar-refractivity contribution < 1.29 is 4.79 Å². The first kappa shape index (κ1) is 15.7. The Labute approximate surface area is 155 Å². The molecule has 1 aliphatic heterocycles. The summed E-state index contributed by atoms with van der Waals surface area (Å²) < 4.78 is 1.53. The van der Waals surface area contributed by atoms with E-state index < -0.39 is 5.91 Å². The first-order valence-electron chi connectivity index (χ1n) is 6.67. The quantitative estimate of drug-likeness (QED) is 0.480. The fourth-order valence-electron chi connectivity index (χ4n) is 2.51. The van der Waals surface area contributed by atoms with Gasteiger partial charge in [0.15, 0.2) is 5.84 Å². The number of nitrogens with zero attached hydrogens (tertiary/aromatic N) is 3. The molecular formula is C15H6Cl4N4O. The number of amides is 1. The van der Waals surface area contributed by atoms with E-state index in [0.717, 1.165) is 11.0 Å². The van der Waals surface area contributed by atoms with E-state index in [1.54, 1.807) is 0 Å². The van der Waals surface area contributed by atoms with Gasteiger partial charge in [0.2, 0.25) is 0 Å². The Hall–Kier alpha value is -1.79. The van der Waals surface area contributed by atoms with Gasteiger partial charge in [-0.15, -0.1) is 5.10 Å². The molecule has 3 aromatic rings. The highest BCUT2D eigenvalue weighted by Crippen LogP contribution is 2.43. The first-order valence-corrected chi connectivity index (χ1v) is 8.19. The Bertz CT molecular complexity index is 1060. The Morgan fingerprint density at radius 2 is 1.62 bits per heavy atom. The zero-order valence-electron chi connectivity index (χ0n) is 11.6. The highest BCUT2D eigenvalue weighted by molar-refractivity contribution is 6.55. The van der Waals surface area contributed by atoms with Gasteiger partial charge in [-0.3, -0.25) is 4.79 Å². The molecule has 4 rings (SSSR count). The summed E-state index contributed by atoms with van der Waals surface area (Å²) in [5.41, 5.74) is 2.01. The van der Waals surface area contributed by atoms with Crippen LogP contribution in [0.15, 0.2) is 35.7 Å². The fraction of sp³-hybridized carbons (Fsp3) is 0. The molecule has 120 valence electrons. The van der Waals surface area contributed by atoms with Gasteiger partial charge in [0.05, 0.1) is 42.3 Å². The molecule has 0 unspecified atom stereocenters. The van der Waals surface area contributed by atoms with E-state index in [0.29, 0.717) is 5.56 Å². The summed E-state index contributed by atoms with van der Waals surface area (Å²) in [5, 5.41) is 7.30. The number of amidine groups is 1. The van der Waals surface area contributed by atoms with Crippen LogP contribution < -0.4 is 5.32 Å². The summed E-state index contributed by atoms with van der Waals surface area (Å²) in [6, 6.07) is 7.45. The van der Waals surface area contributed by atoms with E-state index in [2.05, 4.69) is 15.4 Å². The number of imidazole rings is 1. The Morgan fingerprint density at radius 1 is 0.958 bits per heavy atom. The molecule has 0 atom stereocenters. The molecule has 1 N–H and O–H groups in total. The molecule has 0 fully saturated rings. The average Bonchev–Trinajstić information content (AvgIpc) is 3.13. The Balaban J connectivity index is 1.97. The maximum Gasteiger partial charge on any atom is 0.259 e.